The van der Waals surface area contributed by atoms with Gasteiger partial charge in [-0.15, -0.1) is 0 Å². The van der Waals surface area contributed by atoms with Crippen LogP contribution in [0, 0.1) is 17.2 Å². The first-order valence-electron chi connectivity index (χ1n) is 5.32. The molecule has 0 aromatic rings. The van der Waals surface area contributed by atoms with Crippen LogP contribution in [0.2, 0.25) is 0 Å². The first-order valence-corrected chi connectivity index (χ1v) is 5.32. The Morgan fingerprint density at radius 2 is 2.06 bits per heavy atom. The van der Waals surface area contributed by atoms with Crippen molar-refractivity contribution in [2.75, 3.05) is 13.1 Å². The number of nitriles is 1. The Labute approximate surface area is 94.5 Å². The Kier molecular flexibility index (Phi) is 5.06. The van der Waals surface area contributed by atoms with Crippen molar-refractivity contribution in [1.82, 2.24) is 10.6 Å². The van der Waals surface area contributed by atoms with E-state index in [9.17, 15) is 9.59 Å². The van der Waals surface area contributed by atoms with E-state index in [1.54, 1.807) is 6.07 Å². The lowest BCUT2D eigenvalue weighted by molar-refractivity contribution is -0.139. The molecule has 0 spiro atoms. The summed E-state index contributed by atoms with van der Waals surface area (Å²) in [5.41, 5.74) is 0. The van der Waals surface area contributed by atoms with E-state index in [1.807, 2.05) is 0 Å². The Hall–Kier alpha value is -1.83. The molecule has 1 aliphatic carbocycles. The van der Waals surface area contributed by atoms with Crippen LogP contribution < -0.4 is 10.6 Å². The van der Waals surface area contributed by atoms with Crippen molar-refractivity contribution in [1.29, 1.82) is 5.26 Å². The van der Waals surface area contributed by atoms with Gasteiger partial charge in [0, 0.05) is 6.54 Å². The van der Waals surface area contributed by atoms with Crippen molar-refractivity contribution in [3.63, 3.8) is 0 Å². The maximum atomic E-state index is 11.2. The summed E-state index contributed by atoms with van der Waals surface area (Å²) in [6, 6.07) is 1.74. The average molecular weight is 221 g/mol. The van der Waals surface area contributed by atoms with Crippen LogP contribution in [0.3, 0.4) is 0 Å². The Balaban J connectivity index is 2.21. The van der Waals surface area contributed by atoms with E-state index in [0.29, 0.717) is 12.5 Å². The van der Waals surface area contributed by atoms with Gasteiger partial charge in [-0.1, -0.05) is 12.2 Å². The van der Waals surface area contributed by atoms with Crippen molar-refractivity contribution in [3.8, 4) is 6.07 Å². The van der Waals surface area contributed by atoms with Gasteiger partial charge in [0.25, 0.3) is 0 Å². The highest BCUT2D eigenvalue weighted by Gasteiger charge is 2.15. The third kappa shape index (κ3) is 4.13. The van der Waals surface area contributed by atoms with E-state index in [0.717, 1.165) is 19.3 Å². The summed E-state index contributed by atoms with van der Waals surface area (Å²) in [4.78, 5) is 22.3. The van der Waals surface area contributed by atoms with E-state index in [-0.39, 0.29) is 6.54 Å². The number of amides is 2. The third-order valence-electron chi connectivity index (χ3n) is 2.46. The number of allylic oxidation sites excluding steroid dienone is 2. The van der Waals surface area contributed by atoms with Crippen molar-refractivity contribution < 1.29 is 9.59 Å². The van der Waals surface area contributed by atoms with E-state index in [1.165, 1.54) is 0 Å². The van der Waals surface area contributed by atoms with Crippen LogP contribution in [-0.4, -0.2) is 24.9 Å². The number of hydrogen-bond acceptors (Lipinski definition) is 3. The summed E-state index contributed by atoms with van der Waals surface area (Å²) in [7, 11) is 0. The molecule has 1 unspecified atom stereocenters. The van der Waals surface area contributed by atoms with Gasteiger partial charge in [-0.05, 0) is 25.2 Å². The molecule has 0 radical (unpaired) electrons. The molecule has 1 aliphatic rings. The zero-order valence-corrected chi connectivity index (χ0v) is 9.03. The smallest absolute Gasteiger partial charge is 0.310 e. The van der Waals surface area contributed by atoms with Crippen LogP contribution in [0.25, 0.3) is 0 Å². The molecule has 1 rings (SSSR count). The van der Waals surface area contributed by atoms with Crippen LogP contribution in [0.4, 0.5) is 0 Å². The standard InChI is InChI=1S/C11H15N3O2/c12-6-7-13-10(15)11(16)14-8-9-4-2-1-3-5-9/h1-2,9H,3-5,7-8H2,(H,13,15)(H,14,16). The van der Waals surface area contributed by atoms with Crippen LogP contribution in [-0.2, 0) is 9.59 Å². The fourth-order valence-electron chi connectivity index (χ4n) is 1.56. The molecule has 1 atom stereocenters. The van der Waals surface area contributed by atoms with Crippen LogP contribution >= 0.6 is 0 Å². The molecule has 0 fully saturated rings. The van der Waals surface area contributed by atoms with Crippen molar-refractivity contribution in [2.45, 2.75) is 19.3 Å². The molecule has 0 aliphatic heterocycles. The molecule has 2 N–H and O–H groups in total. The molecule has 5 heteroatoms. The number of carbonyl (C=O) groups excluding carboxylic acids is 2. The summed E-state index contributed by atoms with van der Waals surface area (Å²) >= 11 is 0. The van der Waals surface area contributed by atoms with Gasteiger partial charge < -0.3 is 10.6 Å². The van der Waals surface area contributed by atoms with Gasteiger partial charge in [-0.3, -0.25) is 9.59 Å². The first kappa shape index (κ1) is 12.2. The molecular formula is C11H15N3O2. The SMILES string of the molecule is N#CCNC(=O)C(=O)NCC1CC=CCC1. The Morgan fingerprint density at radius 1 is 1.31 bits per heavy atom. The van der Waals surface area contributed by atoms with Gasteiger partial charge in [-0.25, -0.2) is 0 Å². The van der Waals surface area contributed by atoms with Gasteiger partial charge >= 0.3 is 11.8 Å². The fourth-order valence-corrected chi connectivity index (χ4v) is 1.56. The molecule has 0 aromatic heterocycles. The summed E-state index contributed by atoms with van der Waals surface area (Å²) in [5, 5.41) is 13.0. The maximum Gasteiger partial charge on any atom is 0.310 e. The largest absolute Gasteiger partial charge is 0.348 e. The average Bonchev–Trinajstić information content (AvgIpc) is 2.34. The highest BCUT2D eigenvalue weighted by atomic mass is 16.2. The molecule has 0 saturated carbocycles. The third-order valence-corrected chi connectivity index (χ3v) is 2.46. The maximum absolute atomic E-state index is 11.2. The number of rotatable bonds is 3. The molecule has 0 heterocycles. The first-order chi connectivity index (χ1) is 7.74. The fraction of sp³-hybridized carbons (Fsp3) is 0.545. The number of hydrogen-bond donors (Lipinski definition) is 2. The van der Waals surface area contributed by atoms with Crippen LogP contribution in [0.15, 0.2) is 12.2 Å². The van der Waals surface area contributed by atoms with Gasteiger partial charge in [-0.2, -0.15) is 5.26 Å². The minimum atomic E-state index is -0.743. The molecule has 2 amide bonds. The number of nitrogens with one attached hydrogen (secondary N) is 2. The van der Waals surface area contributed by atoms with E-state index in [2.05, 4.69) is 22.8 Å². The van der Waals surface area contributed by atoms with E-state index < -0.39 is 11.8 Å². The molecule has 0 aromatic carbocycles. The summed E-state index contributed by atoms with van der Waals surface area (Å²) < 4.78 is 0. The van der Waals surface area contributed by atoms with Gasteiger partial charge in [0.1, 0.15) is 6.54 Å². The van der Waals surface area contributed by atoms with Crippen molar-refractivity contribution in [3.05, 3.63) is 12.2 Å². The molecular weight excluding hydrogens is 206 g/mol. The highest BCUT2D eigenvalue weighted by molar-refractivity contribution is 6.35. The molecule has 0 saturated heterocycles. The van der Waals surface area contributed by atoms with E-state index in [4.69, 9.17) is 5.26 Å². The summed E-state index contributed by atoms with van der Waals surface area (Å²) in [5.74, 6) is -0.990. The minimum Gasteiger partial charge on any atom is -0.348 e. The predicted octanol–water partition coefficient (Wildman–Crippen LogP) is 0.0987. The second-order valence-electron chi connectivity index (χ2n) is 3.70. The van der Waals surface area contributed by atoms with Gasteiger partial charge in [0.05, 0.1) is 6.07 Å². The second-order valence-corrected chi connectivity index (χ2v) is 3.70. The lowest BCUT2D eigenvalue weighted by atomic mass is 9.94. The quantitative estimate of drug-likeness (QED) is 0.403. The van der Waals surface area contributed by atoms with Gasteiger partial charge in [0.2, 0.25) is 0 Å². The lowest BCUT2D eigenvalue weighted by Gasteiger charge is -2.17. The molecule has 86 valence electrons. The molecule has 16 heavy (non-hydrogen) atoms. The zero-order chi connectivity index (χ0) is 11.8. The molecule has 5 nitrogen and oxygen atoms in total. The number of carbonyl (C=O) groups is 2. The normalized spacial score (nSPS) is 18.6. The second kappa shape index (κ2) is 6.62. The zero-order valence-electron chi connectivity index (χ0n) is 9.03. The van der Waals surface area contributed by atoms with Gasteiger partial charge in [0.15, 0.2) is 0 Å². The van der Waals surface area contributed by atoms with Crippen LogP contribution in [0.5, 0.6) is 0 Å². The monoisotopic (exact) mass is 221 g/mol. The summed E-state index contributed by atoms with van der Waals surface area (Å²) in [6.07, 6.45) is 7.23. The topological polar surface area (TPSA) is 82.0 Å². The van der Waals surface area contributed by atoms with Crippen molar-refractivity contribution in [2.24, 2.45) is 5.92 Å². The molecule has 0 bridgehead atoms. The Bertz CT molecular complexity index is 331. The van der Waals surface area contributed by atoms with E-state index >= 15 is 0 Å². The summed E-state index contributed by atoms with van der Waals surface area (Å²) in [6.45, 7) is 0.377. The number of nitrogens with zero attached hydrogens (tertiary/aromatic N) is 1. The highest BCUT2D eigenvalue weighted by Crippen LogP contribution is 2.16. The minimum absolute atomic E-state index is 0.140. The lowest BCUT2D eigenvalue weighted by Crippen LogP contribution is -2.41. The van der Waals surface area contributed by atoms with Crippen molar-refractivity contribution >= 4 is 11.8 Å². The van der Waals surface area contributed by atoms with Crippen LogP contribution in [0.1, 0.15) is 19.3 Å². The Morgan fingerprint density at radius 3 is 2.69 bits per heavy atom. The predicted molar refractivity (Wildman–Crippen MR) is 58.1 cm³/mol.